The number of carbonyl (C=O) groups is 1. The lowest BCUT2D eigenvalue weighted by atomic mass is 10.2. The van der Waals surface area contributed by atoms with Crippen LogP contribution in [0.15, 0.2) is 48.8 Å². The van der Waals surface area contributed by atoms with E-state index < -0.39 is 0 Å². The lowest BCUT2D eigenvalue weighted by Crippen LogP contribution is -2.27. The molecule has 0 saturated heterocycles. The van der Waals surface area contributed by atoms with Gasteiger partial charge in [0.25, 0.3) is 5.91 Å². The molecule has 0 radical (unpaired) electrons. The molecule has 1 N–H and O–H groups in total. The summed E-state index contributed by atoms with van der Waals surface area (Å²) in [5.41, 5.74) is 1.16. The molecule has 0 aliphatic heterocycles. The van der Waals surface area contributed by atoms with Crippen LogP contribution in [0.2, 0.25) is 0 Å². The molecule has 0 aliphatic carbocycles. The minimum atomic E-state index is -0.0547. The molecule has 1 aromatic carbocycles. The molecule has 4 heteroatoms. The fraction of sp³-hybridized carbons (Fsp3) is 0.167. The third-order valence-electron chi connectivity index (χ3n) is 2.21. The van der Waals surface area contributed by atoms with Crippen LogP contribution in [0.4, 0.5) is 0 Å². The maximum Gasteiger partial charge on any atom is 0.260 e. The smallest absolute Gasteiger partial charge is 0.260 e. The van der Waals surface area contributed by atoms with Crippen molar-refractivity contribution in [3.05, 3.63) is 54.4 Å². The predicted molar refractivity (Wildman–Crippen MR) is 61.0 cm³/mol. The van der Waals surface area contributed by atoms with Gasteiger partial charge >= 0.3 is 0 Å². The lowest BCUT2D eigenvalue weighted by molar-refractivity contribution is 0.0896. The third-order valence-corrected chi connectivity index (χ3v) is 2.21. The minimum absolute atomic E-state index is 0.0547. The van der Waals surface area contributed by atoms with Gasteiger partial charge in [0.2, 0.25) is 0 Å². The first kappa shape index (κ1) is 10.6. The molecule has 0 aliphatic rings. The van der Waals surface area contributed by atoms with Gasteiger partial charge in [-0.15, -0.1) is 0 Å². The van der Waals surface area contributed by atoms with Gasteiger partial charge in [-0.05, 0) is 11.6 Å². The van der Waals surface area contributed by atoms with Crippen LogP contribution in [-0.2, 0) is 6.54 Å². The molecule has 0 bridgehead atoms. The number of carbonyl (C=O) groups excluding carboxylic acids is 1. The van der Waals surface area contributed by atoms with Gasteiger partial charge in [0.05, 0.1) is 6.54 Å². The van der Waals surface area contributed by atoms with Gasteiger partial charge in [-0.2, -0.15) is 5.10 Å². The van der Waals surface area contributed by atoms with Crippen LogP contribution in [0.1, 0.15) is 10.4 Å². The van der Waals surface area contributed by atoms with Crippen molar-refractivity contribution in [2.24, 2.45) is 0 Å². The second kappa shape index (κ2) is 5.23. The second-order valence-corrected chi connectivity index (χ2v) is 3.43. The molecule has 0 fully saturated rings. The van der Waals surface area contributed by atoms with Gasteiger partial charge in [-0.25, -0.2) is 4.68 Å². The van der Waals surface area contributed by atoms with Crippen LogP contribution >= 0.6 is 0 Å². The van der Waals surface area contributed by atoms with E-state index in [0.717, 1.165) is 5.56 Å². The first-order valence-corrected chi connectivity index (χ1v) is 5.14. The molecular formula is C12H13N3O. The monoisotopic (exact) mass is 215 g/mol. The molecule has 0 saturated carbocycles. The quantitative estimate of drug-likeness (QED) is 0.836. The molecule has 0 amide bonds. The Morgan fingerprint density at radius 2 is 2.06 bits per heavy atom. The van der Waals surface area contributed by atoms with E-state index in [4.69, 9.17) is 0 Å². The third kappa shape index (κ3) is 2.77. The zero-order chi connectivity index (χ0) is 11.2. The lowest BCUT2D eigenvalue weighted by Gasteiger charge is -2.03. The number of aromatic nitrogens is 2. The highest BCUT2D eigenvalue weighted by atomic mass is 16.2. The number of hydrogen-bond acceptors (Lipinski definition) is 3. The molecule has 0 spiro atoms. The van der Waals surface area contributed by atoms with Crippen molar-refractivity contribution in [1.29, 1.82) is 0 Å². The van der Waals surface area contributed by atoms with Crippen LogP contribution in [0, 0.1) is 0 Å². The molecule has 0 atom stereocenters. The average Bonchev–Trinajstić information content (AvgIpc) is 2.84. The molecule has 1 aromatic heterocycles. The number of rotatable bonds is 4. The van der Waals surface area contributed by atoms with E-state index in [9.17, 15) is 4.79 Å². The van der Waals surface area contributed by atoms with E-state index in [1.54, 1.807) is 18.5 Å². The first-order valence-electron chi connectivity index (χ1n) is 5.14. The van der Waals surface area contributed by atoms with Crippen LogP contribution < -0.4 is 5.32 Å². The average molecular weight is 215 g/mol. The van der Waals surface area contributed by atoms with Crippen molar-refractivity contribution >= 4 is 5.91 Å². The second-order valence-electron chi connectivity index (χ2n) is 3.43. The van der Waals surface area contributed by atoms with E-state index >= 15 is 0 Å². The molecule has 2 aromatic rings. The van der Waals surface area contributed by atoms with Crippen LogP contribution in [-0.4, -0.2) is 22.2 Å². The number of benzene rings is 1. The summed E-state index contributed by atoms with van der Waals surface area (Å²) in [6.07, 6.45) is 3.24. The summed E-state index contributed by atoms with van der Waals surface area (Å²) in [5.74, 6) is -0.0547. The summed E-state index contributed by atoms with van der Waals surface area (Å²) in [6, 6.07) is 11.7. The summed E-state index contributed by atoms with van der Waals surface area (Å²) in [4.78, 5) is 11.5. The molecule has 82 valence electrons. The fourth-order valence-corrected chi connectivity index (χ4v) is 1.41. The SMILES string of the molecule is O=C(CNCc1ccccc1)n1cccn1. The minimum Gasteiger partial charge on any atom is -0.304 e. The van der Waals surface area contributed by atoms with Gasteiger partial charge in [0.1, 0.15) is 0 Å². The molecule has 4 nitrogen and oxygen atoms in total. The van der Waals surface area contributed by atoms with Gasteiger partial charge in [0, 0.05) is 18.9 Å². The Kier molecular flexibility index (Phi) is 3.46. The normalized spacial score (nSPS) is 10.2. The van der Waals surface area contributed by atoms with Crippen LogP contribution in [0.3, 0.4) is 0 Å². The zero-order valence-electron chi connectivity index (χ0n) is 8.84. The van der Waals surface area contributed by atoms with E-state index in [0.29, 0.717) is 6.54 Å². The van der Waals surface area contributed by atoms with Crippen molar-refractivity contribution in [1.82, 2.24) is 15.1 Å². The summed E-state index contributed by atoms with van der Waals surface area (Å²) < 4.78 is 1.33. The Labute approximate surface area is 93.9 Å². The van der Waals surface area contributed by atoms with Gasteiger partial charge < -0.3 is 5.32 Å². The molecule has 0 unspecified atom stereocenters. The van der Waals surface area contributed by atoms with Gasteiger partial charge in [-0.3, -0.25) is 4.79 Å². The summed E-state index contributed by atoms with van der Waals surface area (Å²) in [5, 5.41) is 6.95. The van der Waals surface area contributed by atoms with Crippen molar-refractivity contribution in [3.8, 4) is 0 Å². The Balaban J connectivity index is 1.79. The topological polar surface area (TPSA) is 46.9 Å². The largest absolute Gasteiger partial charge is 0.304 e. The highest BCUT2D eigenvalue weighted by Gasteiger charge is 2.02. The highest BCUT2D eigenvalue weighted by Crippen LogP contribution is 1.96. The molecule has 1 heterocycles. The maximum absolute atomic E-state index is 11.5. The van der Waals surface area contributed by atoms with E-state index in [-0.39, 0.29) is 12.5 Å². The highest BCUT2D eigenvalue weighted by molar-refractivity contribution is 5.79. The molecular weight excluding hydrogens is 202 g/mol. The summed E-state index contributed by atoms with van der Waals surface area (Å²) >= 11 is 0. The molecule has 16 heavy (non-hydrogen) atoms. The van der Waals surface area contributed by atoms with Crippen molar-refractivity contribution < 1.29 is 4.79 Å². The first-order chi connectivity index (χ1) is 7.86. The fourth-order valence-electron chi connectivity index (χ4n) is 1.41. The van der Waals surface area contributed by atoms with Crippen LogP contribution in [0.5, 0.6) is 0 Å². The number of nitrogens with one attached hydrogen (secondary N) is 1. The summed E-state index contributed by atoms with van der Waals surface area (Å²) in [7, 11) is 0. The zero-order valence-corrected chi connectivity index (χ0v) is 8.84. The standard InChI is InChI=1S/C12H13N3O/c16-12(15-8-4-7-14-15)10-13-9-11-5-2-1-3-6-11/h1-8,13H,9-10H2. The van der Waals surface area contributed by atoms with Crippen molar-refractivity contribution in [2.75, 3.05) is 6.54 Å². The predicted octanol–water partition coefficient (Wildman–Crippen LogP) is 1.31. The van der Waals surface area contributed by atoms with E-state index in [2.05, 4.69) is 10.4 Å². The van der Waals surface area contributed by atoms with Crippen LogP contribution in [0.25, 0.3) is 0 Å². The Bertz CT molecular complexity index is 437. The van der Waals surface area contributed by atoms with E-state index in [1.807, 2.05) is 30.3 Å². The Morgan fingerprint density at radius 3 is 2.75 bits per heavy atom. The molecule has 2 rings (SSSR count). The number of nitrogens with zero attached hydrogens (tertiary/aromatic N) is 2. The maximum atomic E-state index is 11.5. The van der Waals surface area contributed by atoms with Crippen molar-refractivity contribution in [3.63, 3.8) is 0 Å². The Hall–Kier alpha value is -1.94. The van der Waals surface area contributed by atoms with E-state index in [1.165, 1.54) is 4.68 Å². The van der Waals surface area contributed by atoms with Crippen molar-refractivity contribution in [2.45, 2.75) is 6.54 Å². The number of hydrogen-bond donors (Lipinski definition) is 1. The van der Waals surface area contributed by atoms with Gasteiger partial charge in [-0.1, -0.05) is 30.3 Å². The summed E-state index contributed by atoms with van der Waals surface area (Å²) in [6.45, 7) is 0.977. The van der Waals surface area contributed by atoms with Gasteiger partial charge in [0.15, 0.2) is 0 Å². The Morgan fingerprint density at radius 1 is 1.25 bits per heavy atom.